The molecule has 1 unspecified atom stereocenters. The summed E-state index contributed by atoms with van der Waals surface area (Å²) in [5, 5.41) is 6.86. The SMILES string of the molecule is CCc1[nH]nc(C(=O)N(C)C(C)c2ccccc2)c1N. The number of rotatable bonds is 4. The zero-order chi connectivity index (χ0) is 14.7. The van der Waals surface area contributed by atoms with E-state index in [0.29, 0.717) is 11.4 Å². The first kappa shape index (κ1) is 14.1. The highest BCUT2D eigenvalue weighted by Crippen LogP contribution is 2.22. The van der Waals surface area contributed by atoms with Crippen LogP contribution in [0.4, 0.5) is 5.69 Å². The zero-order valence-corrected chi connectivity index (χ0v) is 12.1. The molecule has 0 aliphatic carbocycles. The van der Waals surface area contributed by atoms with E-state index in [1.165, 1.54) is 0 Å². The molecule has 1 aromatic carbocycles. The van der Waals surface area contributed by atoms with E-state index < -0.39 is 0 Å². The molecule has 1 atom stereocenters. The number of amides is 1. The lowest BCUT2D eigenvalue weighted by atomic mass is 10.1. The summed E-state index contributed by atoms with van der Waals surface area (Å²) in [7, 11) is 1.76. The lowest BCUT2D eigenvalue weighted by molar-refractivity contribution is 0.0737. The summed E-state index contributed by atoms with van der Waals surface area (Å²) in [5.74, 6) is -0.171. The van der Waals surface area contributed by atoms with Gasteiger partial charge >= 0.3 is 0 Å². The molecule has 0 fully saturated rings. The van der Waals surface area contributed by atoms with Gasteiger partial charge in [0.15, 0.2) is 5.69 Å². The zero-order valence-electron chi connectivity index (χ0n) is 12.1. The average Bonchev–Trinajstić information content (AvgIpc) is 2.86. The van der Waals surface area contributed by atoms with Crippen molar-refractivity contribution in [2.45, 2.75) is 26.3 Å². The Hall–Kier alpha value is -2.30. The number of aromatic nitrogens is 2. The van der Waals surface area contributed by atoms with Crippen molar-refractivity contribution < 1.29 is 4.79 Å². The summed E-state index contributed by atoms with van der Waals surface area (Å²) < 4.78 is 0. The number of nitrogen functional groups attached to an aromatic ring is 1. The number of benzene rings is 1. The van der Waals surface area contributed by atoms with Gasteiger partial charge in [0.2, 0.25) is 0 Å². The highest BCUT2D eigenvalue weighted by atomic mass is 16.2. The van der Waals surface area contributed by atoms with Gasteiger partial charge in [-0.1, -0.05) is 37.3 Å². The number of carbonyl (C=O) groups excluding carboxylic acids is 1. The monoisotopic (exact) mass is 272 g/mol. The Kier molecular flexibility index (Phi) is 4.08. The maximum absolute atomic E-state index is 12.5. The number of nitrogens with one attached hydrogen (secondary N) is 1. The summed E-state index contributed by atoms with van der Waals surface area (Å²) in [6.45, 7) is 3.95. The fraction of sp³-hybridized carbons (Fsp3) is 0.333. The van der Waals surface area contributed by atoms with Crippen molar-refractivity contribution in [1.29, 1.82) is 0 Å². The molecule has 106 valence electrons. The molecule has 0 aliphatic rings. The summed E-state index contributed by atoms with van der Waals surface area (Å²) in [6, 6.07) is 9.84. The van der Waals surface area contributed by atoms with Gasteiger partial charge in [-0.15, -0.1) is 0 Å². The van der Waals surface area contributed by atoms with Gasteiger partial charge in [0, 0.05) is 7.05 Å². The number of carbonyl (C=O) groups is 1. The molecule has 5 heteroatoms. The minimum absolute atomic E-state index is 0.0372. The third kappa shape index (κ3) is 2.52. The van der Waals surface area contributed by atoms with Gasteiger partial charge in [0.25, 0.3) is 5.91 Å². The highest BCUT2D eigenvalue weighted by Gasteiger charge is 2.23. The van der Waals surface area contributed by atoms with E-state index in [0.717, 1.165) is 17.7 Å². The van der Waals surface area contributed by atoms with E-state index in [-0.39, 0.29) is 11.9 Å². The molecule has 0 radical (unpaired) electrons. The Balaban J connectivity index is 2.22. The molecule has 0 saturated carbocycles. The fourth-order valence-electron chi connectivity index (χ4n) is 2.12. The molecule has 1 heterocycles. The van der Waals surface area contributed by atoms with Crippen LogP contribution in [0.1, 0.15) is 41.6 Å². The molecule has 5 nitrogen and oxygen atoms in total. The quantitative estimate of drug-likeness (QED) is 0.897. The second-order valence-corrected chi connectivity index (χ2v) is 4.82. The van der Waals surface area contributed by atoms with E-state index in [4.69, 9.17) is 5.73 Å². The first-order valence-electron chi connectivity index (χ1n) is 6.71. The predicted octanol–water partition coefficient (Wildman–Crippen LogP) is 2.39. The largest absolute Gasteiger partial charge is 0.395 e. The number of anilines is 1. The Bertz CT molecular complexity index is 591. The van der Waals surface area contributed by atoms with E-state index in [1.807, 2.05) is 44.2 Å². The third-order valence-electron chi connectivity index (χ3n) is 3.62. The van der Waals surface area contributed by atoms with Crippen LogP contribution >= 0.6 is 0 Å². The summed E-state index contributed by atoms with van der Waals surface area (Å²) in [5.41, 5.74) is 8.57. The minimum Gasteiger partial charge on any atom is -0.395 e. The summed E-state index contributed by atoms with van der Waals surface area (Å²) in [6.07, 6.45) is 0.726. The van der Waals surface area contributed by atoms with Crippen LogP contribution in [0.5, 0.6) is 0 Å². The molecular weight excluding hydrogens is 252 g/mol. The van der Waals surface area contributed by atoms with Crippen LogP contribution in [-0.4, -0.2) is 28.1 Å². The summed E-state index contributed by atoms with van der Waals surface area (Å²) >= 11 is 0. The van der Waals surface area contributed by atoms with Gasteiger partial charge in [-0.05, 0) is 18.9 Å². The van der Waals surface area contributed by atoms with Crippen molar-refractivity contribution >= 4 is 11.6 Å². The molecule has 0 bridgehead atoms. The van der Waals surface area contributed by atoms with Crippen LogP contribution in [0.2, 0.25) is 0 Å². The standard InChI is InChI=1S/C15H20N4O/c1-4-12-13(16)14(18-17-12)15(20)19(3)10(2)11-8-6-5-7-9-11/h5-10H,4,16H2,1-3H3,(H,17,18). The third-order valence-corrected chi connectivity index (χ3v) is 3.62. The minimum atomic E-state index is -0.171. The van der Waals surface area contributed by atoms with Gasteiger partial charge in [0.05, 0.1) is 17.4 Å². The fourth-order valence-corrected chi connectivity index (χ4v) is 2.12. The maximum Gasteiger partial charge on any atom is 0.276 e. The van der Waals surface area contributed by atoms with Crippen molar-refractivity contribution in [3.63, 3.8) is 0 Å². The molecule has 0 saturated heterocycles. The van der Waals surface area contributed by atoms with Crippen LogP contribution in [0.15, 0.2) is 30.3 Å². The van der Waals surface area contributed by atoms with Crippen LogP contribution in [0.3, 0.4) is 0 Å². The van der Waals surface area contributed by atoms with Crippen molar-refractivity contribution in [2.24, 2.45) is 0 Å². The smallest absolute Gasteiger partial charge is 0.276 e. The molecule has 0 aliphatic heterocycles. The number of nitrogens with two attached hydrogens (primary N) is 1. The van der Waals surface area contributed by atoms with E-state index >= 15 is 0 Å². The number of hydrogen-bond acceptors (Lipinski definition) is 3. The number of hydrogen-bond donors (Lipinski definition) is 2. The molecule has 0 spiro atoms. The normalized spacial score (nSPS) is 12.2. The van der Waals surface area contributed by atoms with Crippen molar-refractivity contribution in [3.8, 4) is 0 Å². The van der Waals surface area contributed by atoms with Gasteiger partial charge in [0.1, 0.15) is 0 Å². The molecule has 1 aromatic heterocycles. The maximum atomic E-state index is 12.5. The van der Waals surface area contributed by atoms with Gasteiger partial charge in [-0.25, -0.2) is 0 Å². The van der Waals surface area contributed by atoms with Crippen LogP contribution in [0.25, 0.3) is 0 Å². The van der Waals surface area contributed by atoms with Crippen molar-refractivity contribution in [3.05, 3.63) is 47.3 Å². The first-order valence-corrected chi connectivity index (χ1v) is 6.71. The lowest BCUT2D eigenvalue weighted by Gasteiger charge is -2.24. The van der Waals surface area contributed by atoms with E-state index in [2.05, 4.69) is 10.2 Å². The Labute approximate surface area is 118 Å². The summed E-state index contributed by atoms with van der Waals surface area (Å²) in [4.78, 5) is 14.1. The number of aromatic amines is 1. The van der Waals surface area contributed by atoms with Crippen LogP contribution in [-0.2, 0) is 6.42 Å². The molecule has 2 rings (SSSR count). The highest BCUT2D eigenvalue weighted by molar-refractivity contribution is 5.97. The second-order valence-electron chi connectivity index (χ2n) is 4.82. The Morgan fingerprint density at radius 2 is 2.05 bits per heavy atom. The average molecular weight is 272 g/mol. The number of H-pyrrole nitrogens is 1. The topological polar surface area (TPSA) is 75.0 Å². The number of nitrogens with zero attached hydrogens (tertiary/aromatic N) is 2. The van der Waals surface area contributed by atoms with Gasteiger partial charge < -0.3 is 10.6 Å². The Morgan fingerprint density at radius 1 is 1.40 bits per heavy atom. The Morgan fingerprint density at radius 3 is 2.60 bits per heavy atom. The molecular formula is C15H20N4O. The van der Waals surface area contributed by atoms with Gasteiger partial charge in [-0.3, -0.25) is 9.89 Å². The van der Waals surface area contributed by atoms with E-state index in [9.17, 15) is 4.79 Å². The van der Waals surface area contributed by atoms with Crippen molar-refractivity contribution in [2.75, 3.05) is 12.8 Å². The van der Waals surface area contributed by atoms with Crippen LogP contribution in [0, 0.1) is 0 Å². The molecule has 2 aromatic rings. The predicted molar refractivity (Wildman–Crippen MR) is 79.3 cm³/mol. The van der Waals surface area contributed by atoms with Crippen molar-refractivity contribution in [1.82, 2.24) is 15.1 Å². The molecule has 3 N–H and O–H groups in total. The molecule has 20 heavy (non-hydrogen) atoms. The number of aryl methyl sites for hydroxylation is 1. The van der Waals surface area contributed by atoms with Crippen LogP contribution < -0.4 is 5.73 Å². The van der Waals surface area contributed by atoms with E-state index in [1.54, 1.807) is 11.9 Å². The lowest BCUT2D eigenvalue weighted by Crippen LogP contribution is -2.30. The second kappa shape index (κ2) is 5.77. The molecule has 1 amide bonds. The van der Waals surface area contributed by atoms with Gasteiger partial charge in [-0.2, -0.15) is 5.10 Å². The first-order chi connectivity index (χ1) is 9.56.